The molecule has 0 bridgehead atoms. The van der Waals surface area contributed by atoms with Gasteiger partial charge in [0.15, 0.2) is 0 Å². The Kier molecular flexibility index (Phi) is 4.14. The predicted octanol–water partition coefficient (Wildman–Crippen LogP) is 2.77. The summed E-state index contributed by atoms with van der Waals surface area (Å²) < 4.78 is 0. The molecule has 1 atom stereocenters. The number of thiophene rings is 1. The summed E-state index contributed by atoms with van der Waals surface area (Å²) in [5.74, 6) is 1.19. The van der Waals surface area contributed by atoms with E-state index < -0.39 is 0 Å². The Morgan fingerprint density at radius 3 is 2.71 bits per heavy atom. The lowest BCUT2D eigenvalue weighted by atomic mass is 9.98. The van der Waals surface area contributed by atoms with E-state index in [1.165, 1.54) is 11.3 Å². The second kappa shape index (κ2) is 5.15. The summed E-state index contributed by atoms with van der Waals surface area (Å²) in [7, 11) is 0. The van der Waals surface area contributed by atoms with Crippen LogP contribution < -0.4 is 5.32 Å². The number of amides is 1. The highest BCUT2D eigenvalue weighted by Crippen LogP contribution is 2.10. The zero-order valence-corrected chi connectivity index (χ0v) is 9.73. The molecule has 1 aromatic rings. The Balaban J connectivity index is 2.36. The van der Waals surface area contributed by atoms with Crippen molar-refractivity contribution in [3.8, 4) is 0 Å². The fraction of sp³-hybridized carbons (Fsp3) is 0.545. The molecule has 1 aromatic heterocycles. The van der Waals surface area contributed by atoms with Gasteiger partial charge >= 0.3 is 0 Å². The van der Waals surface area contributed by atoms with E-state index in [0.29, 0.717) is 11.8 Å². The molecule has 3 heteroatoms. The van der Waals surface area contributed by atoms with Crippen LogP contribution in [0.4, 0.5) is 0 Å². The Morgan fingerprint density at radius 1 is 1.50 bits per heavy atom. The Labute approximate surface area is 89.3 Å². The van der Waals surface area contributed by atoms with Crippen LogP contribution in [0.5, 0.6) is 0 Å². The maximum absolute atomic E-state index is 11.5. The third kappa shape index (κ3) is 3.14. The predicted molar refractivity (Wildman–Crippen MR) is 60.7 cm³/mol. The lowest BCUT2D eigenvalue weighted by Crippen LogP contribution is -2.29. The van der Waals surface area contributed by atoms with Gasteiger partial charge in [-0.05, 0) is 23.3 Å². The van der Waals surface area contributed by atoms with E-state index in [1.807, 2.05) is 17.5 Å². The highest BCUT2D eigenvalue weighted by Gasteiger charge is 2.10. The molecule has 14 heavy (non-hydrogen) atoms. The van der Waals surface area contributed by atoms with E-state index in [9.17, 15) is 4.79 Å². The zero-order chi connectivity index (χ0) is 10.6. The summed E-state index contributed by atoms with van der Waals surface area (Å²) >= 11 is 1.48. The smallest absolute Gasteiger partial charge is 0.261 e. The van der Waals surface area contributed by atoms with Gasteiger partial charge in [0, 0.05) is 6.54 Å². The minimum atomic E-state index is 0.0486. The molecule has 0 saturated heterocycles. The van der Waals surface area contributed by atoms with E-state index >= 15 is 0 Å². The summed E-state index contributed by atoms with van der Waals surface area (Å²) in [5.41, 5.74) is 0. The molecule has 0 aliphatic rings. The molecular weight excluding hydrogens is 194 g/mol. The highest BCUT2D eigenvalue weighted by atomic mass is 32.1. The average Bonchev–Trinajstić information content (AvgIpc) is 2.66. The van der Waals surface area contributed by atoms with E-state index in [1.54, 1.807) is 0 Å². The van der Waals surface area contributed by atoms with Gasteiger partial charge < -0.3 is 5.32 Å². The van der Waals surface area contributed by atoms with Gasteiger partial charge in [0.25, 0.3) is 5.91 Å². The molecule has 78 valence electrons. The van der Waals surface area contributed by atoms with Crippen molar-refractivity contribution < 1.29 is 4.79 Å². The SMILES string of the molecule is CC(C)C(C)CNC(=O)c1cccs1. The maximum Gasteiger partial charge on any atom is 0.261 e. The molecule has 0 spiro atoms. The van der Waals surface area contributed by atoms with E-state index in [0.717, 1.165) is 11.4 Å². The fourth-order valence-electron chi connectivity index (χ4n) is 0.984. The van der Waals surface area contributed by atoms with Crippen molar-refractivity contribution in [3.05, 3.63) is 22.4 Å². The Bertz CT molecular complexity index is 279. The maximum atomic E-state index is 11.5. The second-order valence-corrected chi connectivity index (χ2v) is 4.86. The quantitative estimate of drug-likeness (QED) is 0.815. The number of carbonyl (C=O) groups is 1. The summed E-state index contributed by atoms with van der Waals surface area (Å²) in [6.07, 6.45) is 0. The number of hydrogen-bond donors (Lipinski definition) is 1. The van der Waals surface area contributed by atoms with Gasteiger partial charge in [-0.2, -0.15) is 0 Å². The Morgan fingerprint density at radius 2 is 2.21 bits per heavy atom. The summed E-state index contributed by atoms with van der Waals surface area (Å²) in [5, 5.41) is 4.86. The van der Waals surface area contributed by atoms with Crippen LogP contribution in [0, 0.1) is 11.8 Å². The van der Waals surface area contributed by atoms with Crippen LogP contribution in [0.2, 0.25) is 0 Å². The standard InChI is InChI=1S/C11H17NOS/c1-8(2)9(3)7-12-11(13)10-5-4-6-14-10/h4-6,8-9H,7H2,1-3H3,(H,12,13). The molecule has 1 heterocycles. The number of hydrogen-bond acceptors (Lipinski definition) is 2. The molecule has 1 N–H and O–H groups in total. The number of nitrogens with one attached hydrogen (secondary N) is 1. The van der Waals surface area contributed by atoms with Gasteiger partial charge in [0.2, 0.25) is 0 Å². The van der Waals surface area contributed by atoms with Crippen LogP contribution in [0.15, 0.2) is 17.5 Å². The minimum absolute atomic E-state index is 0.0486. The van der Waals surface area contributed by atoms with Crippen LogP contribution in [-0.2, 0) is 0 Å². The third-order valence-corrected chi connectivity index (χ3v) is 3.34. The summed E-state index contributed by atoms with van der Waals surface area (Å²) in [6, 6.07) is 3.74. The minimum Gasteiger partial charge on any atom is -0.351 e. The van der Waals surface area contributed by atoms with E-state index in [-0.39, 0.29) is 5.91 Å². The van der Waals surface area contributed by atoms with Gasteiger partial charge in [-0.25, -0.2) is 0 Å². The van der Waals surface area contributed by atoms with Crippen molar-refractivity contribution in [2.24, 2.45) is 11.8 Å². The van der Waals surface area contributed by atoms with Crippen LogP contribution in [0.3, 0.4) is 0 Å². The van der Waals surface area contributed by atoms with Crippen molar-refractivity contribution in [1.82, 2.24) is 5.32 Å². The normalized spacial score (nSPS) is 12.9. The van der Waals surface area contributed by atoms with Gasteiger partial charge in [0.1, 0.15) is 0 Å². The molecule has 0 aromatic carbocycles. The molecule has 0 fully saturated rings. The lowest BCUT2D eigenvalue weighted by molar-refractivity contribution is 0.0949. The Hall–Kier alpha value is -0.830. The first-order valence-corrected chi connectivity index (χ1v) is 5.81. The van der Waals surface area contributed by atoms with Crippen LogP contribution in [0.25, 0.3) is 0 Å². The number of carbonyl (C=O) groups excluding carboxylic acids is 1. The lowest BCUT2D eigenvalue weighted by Gasteiger charge is -2.15. The molecular formula is C11H17NOS. The molecule has 0 aliphatic heterocycles. The molecule has 0 aliphatic carbocycles. The van der Waals surface area contributed by atoms with Gasteiger partial charge in [-0.1, -0.05) is 26.8 Å². The van der Waals surface area contributed by atoms with Crippen LogP contribution in [-0.4, -0.2) is 12.5 Å². The zero-order valence-electron chi connectivity index (χ0n) is 8.91. The first-order valence-electron chi connectivity index (χ1n) is 4.93. The average molecular weight is 211 g/mol. The van der Waals surface area contributed by atoms with E-state index in [4.69, 9.17) is 0 Å². The molecule has 1 rings (SSSR count). The summed E-state index contributed by atoms with van der Waals surface area (Å²) in [4.78, 5) is 12.3. The largest absolute Gasteiger partial charge is 0.351 e. The van der Waals surface area contributed by atoms with Crippen LogP contribution >= 0.6 is 11.3 Å². The van der Waals surface area contributed by atoms with Crippen LogP contribution in [0.1, 0.15) is 30.4 Å². The van der Waals surface area contributed by atoms with Gasteiger partial charge in [-0.15, -0.1) is 11.3 Å². The third-order valence-electron chi connectivity index (χ3n) is 2.47. The molecule has 2 nitrogen and oxygen atoms in total. The topological polar surface area (TPSA) is 29.1 Å². The highest BCUT2D eigenvalue weighted by molar-refractivity contribution is 7.12. The monoisotopic (exact) mass is 211 g/mol. The molecule has 1 unspecified atom stereocenters. The van der Waals surface area contributed by atoms with Crippen molar-refractivity contribution in [1.29, 1.82) is 0 Å². The number of rotatable bonds is 4. The van der Waals surface area contributed by atoms with E-state index in [2.05, 4.69) is 26.1 Å². The second-order valence-electron chi connectivity index (χ2n) is 3.91. The van der Waals surface area contributed by atoms with Crippen molar-refractivity contribution >= 4 is 17.2 Å². The first-order chi connectivity index (χ1) is 6.61. The fourth-order valence-corrected chi connectivity index (χ4v) is 1.62. The summed E-state index contributed by atoms with van der Waals surface area (Å²) in [6.45, 7) is 7.25. The van der Waals surface area contributed by atoms with Crippen molar-refractivity contribution in [2.75, 3.05) is 6.54 Å². The molecule has 0 saturated carbocycles. The molecule has 0 radical (unpaired) electrons. The van der Waals surface area contributed by atoms with Crippen molar-refractivity contribution in [3.63, 3.8) is 0 Å². The first kappa shape index (κ1) is 11.2. The molecule has 1 amide bonds. The van der Waals surface area contributed by atoms with Gasteiger partial charge in [-0.3, -0.25) is 4.79 Å². The van der Waals surface area contributed by atoms with Crippen molar-refractivity contribution in [2.45, 2.75) is 20.8 Å². The van der Waals surface area contributed by atoms with Gasteiger partial charge in [0.05, 0.1) is 4.88 Å².